The molecule has 25 heavy (non-hydrogen) atoms. The van der Waals surface area contributed by atoms with E-state index in [1.54, 1.807) is 23.5 Å². The maximum Gasteiger partial charge on any atom is 0.269 e. The normalized spacial score (nSPS) is 11.4. The van der Waals surface area contributed by atoms with E-state index in [2.05, 4.69) is 27.5 Å². The minimum absolute atomic E-state index is 0.0896. The molecule has 2 aromatic rings. The molecule has 134 valence electrons. The Hall–Kier alpha value is -2.48. The smallest absolute Gasteiger partial charge is 0.269 e. The van der Waals surface area contributed by atoms with E-state index in [-0.39, 0.29) is 5.69 Å². The number of hydrogen-bond donors (Lipinski definition) is 2. The summed E-state index contributed by atoms with van der Waals surface area (Å²) in [6.45, 7) is 8.09. The van der Waals surface area contributed by atoms with E-state index in [1.165, 1.54) is 17.0 Å². The van der Waals surface area contributed by atoms with Gasteiger partial charge in [-0.1, -0.05) is 12.1 Å². The summed E-state index contributed by atoms with van der Waals surface area (Å²) in [5.41, 5.74) is 2.11. The Bertz CT molecular complexity index is 720. The van der Waals surface area contributed by atoms with Gasteiger partial charge in [-0.15, -0.1) is 11.3 Å². The van der Waals surface area contributed by atoms with Crippen LogP contribution in [0.25, 0.3) is 0 Å². The number of nitro groups is 1. The number of aromatic nitrogens is 1. The number of thiazole rings is 1. The molecule has 0 aliphatic rings. The summed E-state index contributed by atoms with van der Waals surface area (Å²) in [5.74, 6) is 0.728. The van der Waals surface area contributed by atoms with Crippen molar-refractivity contribution < 1.29 is 4.92 Å². The summed E-state index contributed by atoms with van der Waals surface area (Å²) in [6.07, 6.45) is 0.849. The van der Waals surface area contributed by atoms with Crippen molar-refractivity contribution in [2.45, 2.75) is 33.7 Å². The van der Waals surface area contributed by atoms with E-state index < -0.39 is 4.92 Å². The molecule has 1 heterocycles. The molecule has 0 saturated heterocycles. The third kappa shape index (κ3) is 5.82. The van der Waals surface area contributed by atoms with Crippen molar-refractivity contribution in [3.05, 3.63) is 55.5 Å². The third-order valence-corrected chi connectivity index (χ3v) is 4.75. The van der Waals surface area contributed by atoms with Crippen molar-refractivity contribution in [3.63, 3.8) is 0 Å². The van der Waals surface area contributed by atoms with Crippen LogP contribution >= 0.6 is 11.3 Å². The zero-order valence-corrected chi connectivity index (χ0v) is 15.5. The van der Waals surface area contributed by atoms with Gasteiger partial charge in [0.15, 0.2) is 5.96 Å². The van der Waals surface area contributed by atoms with Crippen molar-refractivity contribution in [2.75, 3.05) is 13.1 Å². The number of nitrogens with zero attached hydrogens (tertiary/aromatic N) is 3. The van der Waals surface area contributed by atoms with Gasteiger partial charge in [-0.3, -0.25) is 10.1 Å². The summed E-state index contributed by atoms with van der Waals surface area (Å²) in [4.78, 5) is 20.6. The van der Waals surface area contributed by atoms with Gasteiger partial charge in [-0.05, 0) is 26.3 Å². The summed E-state index contributed by atoms with van der Waals surface area (Å²) in [6, 6.07) is 6.45. The first-order valence-corrected chi connectivity index (χ1v) is 8.99. The quantitative estimate of drug-likeness (QED) is 0.342. The number of nitrogens with one attached hydrogen (secondary N) is 2. The van der Waals surface area contributed by atoms with Crippen molar-refractivity contribution in [3.8, 4) is 0 Å². The molecule has 1 aromatic carbocycles. The molecule has 0 unspecified atom stereocenters. The second-order valence-corrected chi connectivity index (χ2v) is 6.83. The summed E-state index contributed by atoms with van der Waals surface area (Å²) in [7, 11) is 0. The van der Waals surface area contributed by atoms with Crippen LogP contribution in [0.5, 0.6) is 0 Å². The molecule has 7 nitrogen and oxygen atoms in total. The largest absolute Gasteiger partial charge is 0.357 e. The Morgan fingerprint density at radius 2 is 2.00 bits per heavy atom. The Kier molecular flexibility index (Phi) is 6.88. The number of aryl methyl sites for hydroxylation is 2. The van der Waals surface area contributed by atoms with Crippen molar-refractivity contribution >= 4 is 23.0 Å². The molecule has 0 spiro atoms. The number of guanidine groups is 1. The van der Waals surface area contributed by atoms with E-state index in [9.17, 15) is 10.1 Å². The van der Waals surface area contributed by atoms with Crippen molar-refractivity contribution in [2.24, 2.45) is 4.99 Å². The molecule has 0 amide bonds. The Labute approximate surface area is 151 Å². The molecule has 0 atom stereocenters. The topological polar surface area (TPSA) is 92.5 Å². The third-order valence-electron chi connectivity index (χ3n) is 3.62. The van der Waals surface area contributed by atoms with Gasteiger partial charge in [0.2, 0.25) is 0 Å². The number of rotatable bonds is 7. The first kappa shape index (κ1) is 18.9. The lowest BCUT2D eigenvalue weighted by Gasteiger charge is -2.10. The highest BCUT2D eigenvalue weighted by Crippen LogP contribution is 2.16. The van der Waals surface area contributed by atoms with Crippen molar-refractivity contribution in [1.29, 1.82) is 0 Å². The lowest BCUT2D eigenvalue weighted by molar-refractivity contribution is -0.384. The van der Waals surface area contributed by atoms with Gasteiger partial charge >= 0.3 is 0 Å². The number of hydrogen-bond acceptors (Lipinski definition) is 5. The molecule has 0 aliphatic heterocycles. The zero-order valence-electron chi connectivity index (χ0n) is 14.7. The van der Waals surface area contributed by atoms with Gasteiger partial charge in [0.25, 0.3) is 5.69 Å². The van der Waals surface area contributed by atoms with Crippen LogP contribution in [0.4, 0.5) is 5.69 Å². The van der Waals surface area contributed by atoms with Crippen LogP contribution in [0, 0.1) is 24.0 Å². The molecule has 0 radical (unpaired) electrons. The van der Waals surface area contributed by atoms with Crippen LogP contribution in [0.1, 0.15) is 28.1 Å². The number of nitro benzene ring substituents is 1. The average Bonchev–Trinajstić information content (AvgIpc) is 2.91. The first-order valence-electron chi connectivity index (χ1n) is 8.18. The van der Waals surface area contributed by atoms with Crippen molar-refractivity contribution in [1.82, 2.24) is 15.6 Å². The minimum atomic E-state index is -0.402. The second kappa shape index (κ2) is 9.12. The van der Waals surface area contributed by atoms with Gasteiger partial charge < -0.3 is 10.6 Å². The fourth-order valence-electron chi connectivity index (χ4n) is 2.17. The highest BCUT2D eigenvalue weighted by Gasteiger charge is 2.05. The zero-order chi connectivity index (χ0) is 18.2. The van der Waals surface area contributed by atoms with E-state index in [1.807, 2.05) is 13.8 Å². The van der Waals surface area contributed by atoms with E-state index in [0.29, 0.717) is 6.54 Å². The molecular formula is C17H23N5O2S. The van der Waals surface area contributed by atoms with Gasteiger partial charge in [0, 0.05) is 36.5 Å². The summed E-state index contributed by atoms with van der Waals surface area (Å²) >= 11 is 1.73. The van der Waals surface area contributed by atoms with E-state index in [0.717, 1.165) is 41.7 Å². The molecule has 8 heteroatoms. The Balaban J connectivity index is 1.89. The first-order chi connectivity index (χ1) is 12.0. The number of benzene rings is 1. The van der Waals surface area contributed by atoms with E-state index in [4.69, 9.17) is 0 Å². The van der Waals surface area contributed by atoms with Gasteiger partial charge in [0.1, 0.15) is 0 Å². The molecule has 0 fully saturated rings. The fraction of sp³-hybridized carbons (Fsp3) is 0.412. The predicted octanol–water partition coefficient (Wildman–Crippen LogP) is 2.97. The van der Waals surface area contributed by atoms with Crippen LogP contribution < -0.4 is 10.6 Å². The Morgan fingerprint density at radius 3 is 2.56 bits per heavy atom. The lowest BCUT2D eigenvalue weighted by atomic mass is 10.2. The molecule has 2 N–H and O–H groups in total. The number of non-ortho nitro benzene ring substituents is 1. The Morgan fingerprint density at radius 1 is 1.28 bits per heavy atom. The maximum atomic E-state index is 10.7. The molecular weight excluding hydrogens is 338 g/mol. The lowest BCUT2D eigenvalue weighted by Crippen LogP contribution is -2.38. The second-order valence-electron chi connectivity index (χ2n) is 5.54. The SMILES string of the molecule is CCNC(=NCc1ccc([N+](=O)[O-])cc1)NCCc1nc(C)c(C)s1. The van der Waals surface area contributed by atoms with Crippen LogP contribution in [0.3, 0.4) is 0 Å². The molecule has 1 aromatic heterocycles. The standard InChI is InChI=1S/C17H23N5O2S/c1-4-18-17(19-10-9-16-21-12(2)13(3)25-16)20-11-14-5-7-15(8-6-14)22(23)24/h5-8H,4,9-11H2,1-3H3,(H2,18,19,20). The molecule has 0 aliphatic carbocycles. The van der Waals surface area contributed by atoms with E-state index >= 15 is 0 Å². The number of aliphatic imine (C=N–C) groups is 1. The molecule has 0 bridgehead atoms. The van der Waals surface area contributed by atoms with Crippen LogP contribution in [-0.2, 0) is 13.0 Å². The van der Waals surface area contributed by atoms with Crippen LogP contribution in [0.2, 0.25) is 0 Å². The molecule has 0 saturated carbocycles. The van der Waals surface area contributed by atoms with Crippen LogP contribution in [0.15, 0.2) is 29.3 Å². The van der Waals surface area contributed by atoms with Gasteiger partial charge in [-0.25, -0.2) is 9.98 Å². The minimum Gasteiger partial charge on any atom is -0.357 e. The predicted molar refractivity (Wildman–Crippen MR) is 101 cm³/mol. The van der Waals surface area contributed by atoms with Gasteiger partial charge in [0.05, 0.1) is 22.2 Å². The highest BCUT2D eigenvalue weighted by molar-refractivity contribution is 7.11. The molecule has 2 rings (SSSR count). The summed E-state index contributed by atoms with van der Waals surface area (Å²) in [5, 5.41) is 18.3. The average molecular weight is 361 g/mol. The summed E-state index contributed by atoms with van der Waals surface area (Å²) < 4.78 is 0. The fourth-order valence-corrected chi connectivity index (χ4v) is 3.10. The maximum absolute atomic E-state index is 10.7. The monoisotopic (exact) mass is 361 g/mol. The van der Waals surface area contributed by atoms with Crippen LogP contribution in [-0.4, -0.2) is 29.0 Å². The van der Waals surface area contributed by atoms with Gasteiger partial charge in [-0.2, -0.15) is 0 Å². The highest BCUT2D eigenvalue weighted by atomic mass is 32.1.